The van der Waals surface area contributed by atoms with Gasteiger partial charge in [0.1, 0.15) is 0 Å². The summed E-state index contributed by atoms with van der Waals surface area (Å²) in [6.07, 6.45) is 7.54. The molecule has 1 fully saturated rings. The molecule has 0 bridgehead atoms. The van der Waals surface area contributed by atoms with Crippen LogP contribution >= 0.6 is 0 Å². The topological polar surface area (TPSA) is 114 Å². The van der Waals surface area contributed by atoms with Crippen molar-refractivity contribution in [2.75, 3.05) is 0 Å². The Bertz CT molecular complexity index is 995. The normalized spacial score (nSPS) is 19.4. The lowest BCUT2D eigenvalue weighted by molar-refractivity contribution is -0.385. The summed E-state index contributed by atoms with van der Waals surface area (Å²) in [5.41, 5.74) is 2.31. The van der Waals surface area contributed by atoms with E-state index in [0.29, 0.717) is 5.70 Å². The zero-order chi connectivity index (χ0) is 21.1. The van der Waals surface area contributed by atoms with Crippen LogP contribution in [0.15, 0.2) is 64.9 Å². The van der Waals surface area contributed by atoms with E-state index in [2.05, 4.69) is 10.3 Å². The van der Waals surface area contributed by atoms with Crippen LogP contribution in [-0.2, 0) is 0 Å². The highest BCUT2D eigenvalue weighted by molar-refractivity contribution is 5.66. The van der Waals surface area contributed by atoms with Gasteiger partial charge in [-0.25, -0.2) is 0 Å². The van der Waals surface area contributed by atoms with Gasteiger partial charge in [-0.15, -0.1) is 5.11 Å². The van der Waals surface area contributed by atoms with Gasteiger partial charge in [0.05, 0.1) is 21.6 Å². The van der Waals surface area contributed by atoms with Crippen molar-refractivity contribution < 1.29 is 9.85 Å². The van der Waals surface area contributed by atoms with E-state index in [1.54, 1.807) is 24.3 Å². The Hall–Kier alpha value is -3.62. The van der Waals surface area contributed by atoms with E-state index in [0.717, 1.165) is 36.8 Å². The van der Waals surface area contributed by atoms with E-state index in [9.17, 15) is 20.2 Å². The number of nitro groups is 2. The van der Waals surface area contributed by atoms with Gasteiger partial charge in [0.25, 0.3) is 11.4 Å². The molecule has 1 unspecified atom stereocenters. The fourth-order valence-electron chi connectivity index (χ4n) is 4.01. The molecular weight excluding hydrogens is 386 g/mol. The SMILES string of the molecule is O=[N+]([O-])c1ccc(C2=CC(c3ccc([N+](=O)[O-])cc3)N(C3CCCCC3)N=N2)cc1. The number of nitro benzene ring substituents is 2. The molecule has 1 aliphatic carbocycles. The minimum Gasteiger partial charge on any atom is -0.264 e. The van der Waals surface area contributed by atoms with Gasteiger partial charge in [-0.05, 0) is 48.7 Å². The Morgan fingerprint density at radius 2 is 1.40 bits per heavy atom. The summed E-state index contributed by atoms with van der Waals surface area (Å²) in [5.74, 6) is 0. The van der Waals surface area contributed by atoms with Crippen LogP contribution in [-0.4, -0.2) is 20.9 Å². The molecule has 1 heterocycles. The van der Waals surface area contributed by atoms with Crippen molar-refractivity contribution >= 4 is 17.1 Å². The summed E-state index contributed by atoms with van der Waals surface area (Å²) < 4.78 is 0. The van der Waals surface area contributed by atoms with E-state index in [-0.39, 0.29) is 23.5 Å². The fraction of sp³-hybridized carbons (Fsp3) is 0.333. The molecule has 0 aromatic heterocycles. The fourth-order valence-corrected chi connectivity index (χ4v) is 4.01. The molecule has 4 rings (SSSR count). The maximum absolute atomic E-state index is 11.0. The van der Waals surface area contributed by atoms with Crippen molar-refractivity contribution in [2.24, 2.45) is 10.3 Å². The molecule has 0 amide bonds. The van der Waals surface area contributed by atoms with Crippen molar-refractivity contribution in [1.82, 2.24) is 5.01 Å². The van der Waals surface area contributed by atoms with E-state index in [1.165, 1.54) is 30.7 Å². The molecule has 2 aromatic rings. The third-order valence-corrected chi connectivity index (χ3v) is 5.62. The highest BCUT2D eigenvalue weighted by Crippen LogP contribution is 2.37. The largest absolute Gasteiger partial charge is 0.269 e. The first-order chi connectivity index (χ1) is 14.5. The van der Waals surface area contributed by atoms with E-state index >= 15 is 0 Å². The highest BCUT2D eigenvalue weighted by atomic mass is 16.6. The van der Waals surface area contributed by atoms with Crippen LogP contribution in [0.2, 0.25) is 0 Å². The second-order valence-corrected chi connectivity index (χ2v) is 7.51. The first-order valence-corrected chi connectivity index (χ1v) is 9.94. The van der Waals surface area contributed by atoms with E-state index in [1.807, 2.05) is 11.1 Å². The second kappa shape index (κ2) is 8.40. The maximum atomic E-state index is 11.0. The van der Waals surface area contributed by atoms with Gasteiger partial charge < -0.3 is 0 Å². The van der Waals surface area contributed by atoms with Crippen LogP contribution in [0.25, 0.3) is 5.70 Å². The minimum atomic E-state index is -0.439. The average molecular weight is 407 g/mol. The maximum Gasteiger partial charge on any atom is 0.269 e. The van der Waals surface area contributed by atoms with Crippen molar-refractivity contribution in [3.05, 3.63) is 86.0 Å². The summed E-state index contributed by atoms with van der Waals surface area (Å²) in [6.45, 7) is 0. The molecule has 2 aliphatic rings. The zero-order valence-electron chi connectivity index (χ0n) is 16.3. The van der Waals surface area contributed by atoms with Gasteiger partial charge in [-0.2, -0.15) is 0 Å². The molecule has 30 heavy (non-hydrogen) atoms. The first kappa shape index (κ1) is 19.7. The second-order valence-electron chi connectivity index (χ2n) is 7.51. The lowest BCUT2D eigenvalue weighted by Crippen LogP contribution is -2.36. The number of hydrogen-bond donors (Lipinski definition) is 0. The van der Waals surface area contributed by atoms with Crippen molar-refractivity contribution in [2.45, 2.75) is 44.2 Å². The Morgan fingerprint density at radius 1 is 0.833 bits per heavy atom. The summed E-state index contributed by atoms with van der Waals surface area (Å²) >= 11 is 0. The minimum absolute atomic E-state index is 0.0165. The standard InChI is InChI=1S/C21H21N5O4/c27-25(28)18-10-6-15(7-11-18)20-14-21(16-8-12-19(13-9-16)26(29)30)24(23-22-20)17-4-2-1-3-5-17/h6-14,17,21H,1-5H2. The van der Waals surface area contributed by atoms with Crippen LogP contribution in [0.4, 0.5) is 11.4 Å². The molecule has 1 atom stereocenters. The molecular formula is C21H21N5O4. The summed E-state index contributed by atoms with van der Waals surface area (Å²) in [5, 5.41) is 32.8. The van der Waals surface area contributed by atoms with Crippen LogP contribution in [0.1, 0.15) is 49.3 Å². The highest BCUT2D eigenvalue weighted by Gasteiger charge is 2.30. The number of benzene rings is 2. The van der Waals surface area contributed by atoms with Crippen LogP contribution in [0.3, 0.4) is 0 Å². The van der Waals surface area contributed by atoms with E-state index in [4.69, 9.17) is 0 Å². The first-order valence-electron chi connectivity index (χ1n) is 9.94. The zero-order valence-corrected chi connectivity index (χ0v) is 16.3. The molecule has 0 radical (unpaired) electrons. The molecule has 1 aliphatic heterocycles. The molecule has 9 heteroatoms. The molecule has 0 spiro atoms. The Labute approximate surface area is 173 Å². The third-order valence-electron chi connectivity index (χ3n) is 5.62. The lowest BCUT2D eigenvalue weighted by Gasteiger charge is -2.37. The summed E-state index contributed by atoms with van der Waals surface area (Å²) in [4.78, 5) is 21.1. The molecule has 154 valence electrons. The molecule has 0 N–H and O–H groups in total. The van der Waals surface area contributed by atoms with Crippen molar-refractivity contribution in [3.8, 4) is 0 Å². The molecule has 9 nitrogen and oxygen atoms in total. The quantitative estimate of drug-likeness (QED) is 0.472. The van der Waals surface area contributed by atoms with Gasteiger partial charge in [0, 0.05) is 35.9 Å². The van der Waals surface area contributed by atoms with Gasteiger partial charge in [0.15, 0.2) is 0 Å². The predicted octanol–water partition coefficient (Wildman–Crippen LogP) is 5.60. The smallest absolute Gasteiger partial charge is 0.264 e. The molecule has 2 aromatic carbocycles. The average Bonchev–Trinajstić information content (AvgIpc) is 2.79. The number of hydrogen-bond acceptors (Lipinski definition) is 7. The molecule has 0 saturated heterocycles. The Balaban J connectivity index is 1.68. The molecule has 1 saturated carbocycles. The Morgan fingerprint density at radius 3 is 1.97 bits per heavy atom. The van der Waals surface area contributed by atoms with Gasteiger partial charge in [-0.1, -0.05) is 24.5 Å². The summed E-state index contributed by atoms with van der Waals surface area (Å²) in [6, 6.07) is 12.8. The monoisotopic (exact) mass is 407 g/mol. The number of nitrogens with zero attached hydrogens (tertiary/aromatic N) is 5. The van der Waals surface area contributed by atoms with Crippen molar-refractivity contribution in [1.29, 1.82) is 0 Å². The third kappa shape index (κ3) is 4.05. The van der Waals surface area contributed by atoms with Crippen LogP contribution < -0.4 is 0 Å². The van der Waals surface area contributed by atoms with Crippen LogP contribution in [0, 0.1) is 20.2 Å². The number of rotatable bonds is 5. The summed E-state index contributed by atoms with van der Waals surface area (Å²) in [7, 11) is 0. The van der Waals surface area contributed by atoms with Crippen LogP contribution in [0.5, 0.6) is 0 Å². The lowest BCUT2D eigenvalue weighted by atomic mass is 9.92. The van der Waals surface area contributed by atoms with Gasteiger partial charge in [0.2, 0.25) is 0 Å². The van der Waals surface area contributed by atoms with E-state index < -0.39 is 9.85 Å². The Kier molecular flexibility index (Phi) is 5.51. The van der Waals surface area contributed by atoms with Gasteiger partial charge in [-0.3, -0.25) is 25.2 Å². The van der Waals surface area contributed by atoms with Gasteiger partial charge >= 0.3 is 0 Å². The predicted molar refractivity (Wildman–Crippen MR) is 110 cm³/mol. The van der Waals surface area contributed by atoms with Crippen molar-refractivity contribution in [3.63, 3.8) is 0 Å². The number of non-ortho nitro benzene ring substituents is 2.